The molecule has 0 saturated carbocycles. The first kappa shape index (κ1) is 15.6. The number of carbonyl (C=O) groups excluding carboxylic acids is 1. The van der Waals surface area contributed by atoms with E-state index < -0.39 is 0 Å². The van der Waals surface area contributed by atoms with Gasteiger partial charge in [0, 0.05) is 35.3 Å². The van der Waals surface area contributed by atoms with Crippen LogP contribution in [0.4, 0.5) is 5.69 Å². The lowest BCUT2D eigenvalue weighted by molar-refractivity contribution is -0.910. The molecule has 1 saturated heterocycles. The molecule has 2 N–H and O–H groups in total. The number of hydrogen-bond donors (Lipinski definition) is 2. The van der Waals surface area contributed by atoms with E-state index in [1.165, 1.54) is 17.0 Å². The van der Waals surface area contributed by atoms with E-state index in [2.05, 4.69) is 57.9 Å². The highest BCUT2D eigenvalue weighted by atomic mass is 127. The Labute approximate surface area is 144 Å². The summed E-state index contributed by atoms with van der Waals surface area (Å²) >= 11 is 2.26. The van der Waals surface area contributed by atoms with Gasteiger partial charge in [0.05, 0.1) is 12.2 Å². The van der Waals surface area contributed by atoms with Gasteiger partial charge in [-0.1, -0.05) is 6.07 Å². The summed E-state index contributed by atoms with van der Waals surface area (Å²) in [5.74, 6) is 0.0955. The van der Waals surface area contributed by atoms with Gasteiger partial charge in [0.1, 0.15) is 6.04 Å². The fourth-order valence-electron chi connectivity index (χ4n) is 3.29. The average Bonchev–Trinajstić information content (AvgIpc) is 3.07. The van der Waals surface area contributed by atoms with E-state index in [-0.39, 0.29) is 5.91 Å². The smallest absolute Gasteiger partial charge is 0.279 e. The molecule has 3 rings (SSSR count). The van der Waals surface area contributed by atoms with Gasteiger partial charge in [-0.05, 0) is 52.9 Å². The Hall–Kier alpha value is -1.34. The van der Waals surface area contributed by atoms with E-state index in [1.54, 1.807) is 0 Å². The molecule has 0 bridgehead atoms. The SMILES string of the molecule is Cn1cccc1[C@H]1CCC[NH+]1CC(=O)Nc1cccc(I)c1. The third-order valence-electron chi connectivity index (χ3n) is 4.32. The third kappa shape index (κ3) is 3.52. The maximum Gasteiger partial charge on any atom is 0.279 e. The second kappa shape index (κ2) is 6.83. The standard InChI is InChI=1S/C17H20IN3O/c1-20-9-3-7-15(20)16-8-4-10-21(16)12-17(22)19-14-6-2-5-13(18)11-14/h2-3,5-7,9,11,16H,4,8,10,12H2,1H3,(H,19,22)/p+1/t16-/m1/s1. The zero-order valence-electron chi connectivity index (χ0n) is 12.7. The van der Waals surface area contributed by atoms with Crippen molar-refractivity contribution in [3.63, 3.8) is 0 Å². The van der Waals surface area contributed by atoms with Gasteiger partial charge < -0.3 is 14.8 Å². The van der Waals surface area contributed by atoms with Crippen LogP contribution >= 0.6 is 22.6 Å². The fourth-order valence-corrected chi connectivity index (χ4v) is 3.84. The minimum Gasteiger partial charge on any atom is -0.350 e. The van der Waals surface area contributed by atoms with Crippen molar-refractivity contribution in [1.29, 1.82) is 0 Å². The number of quaternary nitrogens is 1. The average molecular weight is 410 g/mol. The Kier molecular flexibility index (Phi) is 4.83. The minimum atomic E-state index is 0.0955. The number of nitrogens with one attached hydrogen (secondary N) is 2. The van der Waals surface area contributed by atoms with Gasteiger partial charge in [0.2, 0.25) is 0 Å². The predicted octanol–water partition coefficient (Wildman–Crippen LogP) is 1.99. The summed E-state index contributed by atoms with van der Waals surface area (Å²) < 4.78 is 3.30. The van der Waals surface area contributed by atoms with Crippen molar-refractivity contribution in [2.45, 2.75) is 18.9 Å². The topological polar surface area (TPSA) is 38.5 Å². The number of hydrogen-bond acceptors (Lipinski definition) is 1. The van der Waals surface area contributed by atoms with Crippen LogP contribution in [0.1, 0.15) is 24.6 Å². The molecule has 22 heavy (non-hydrogen) atoms. The first-order chi connectivity index (χ1) is 10.6. The number of benzene rings is 1. The summed E-state index contributed by atoms with van der Waals surface area (Å²) in [5, 5.41) is 3.02. The molecule has 5 heteroatoms. The summed E-state index contributed by atoms with van der Waals surface area (Å²) in [5.41, 5.74) is 2.21. The van der Waals surface area contributed by atoms with Crippen LogP contribution in [-0.4, -0.2) is 23.6 Å². The fraction of sp³-hybridized carbons (Fsp3) is 0.353. The second-order valence-corrected chi connectivity index (χ2v) is 7.13. The van der Waals surface area contributed by atoms with E-state index in [9.17, 15) is 4.79 Å². The van der Waals surface area contributed by atoms with Crippen LogP contribution in [0.5, 0.6) is 0 Å². The summed E-state index contributed by atoms with van der Waals surface area (Å²) in [7, 11) is 2.08. The van der Waals surface area contributed by atoms with Crippen LogP contribution in [0.3, 0.4) is 0 Å². The summed E-state index contributed by atoms with van der Waals surface area (Å²) in [4.78, 5) is 13.7. The van der Waals surface area contributed by atoms with Gasteiger partial charge in [0.25, 0.3) is 5.91 Å². The van der Waals surface area contributed by atoms with E-state index in [0.29, 0.717) is 12.6 Å². The van der Waals surface area contributed by atoms with Crippen molar-refractivity contribution in [2.75, 3.05) is 18.4 Å². The molecule has 1 aliphatic heterocycles. The van der Waals surface area contributed by atoms with Crippen molar-refractivity contribution >= 4 is 34.2 Å². The van der Waals surface area contributed by atoms with Crippen molar-refractivity contribution in [2.24, 2.45) is 7.05 Å². The zero-order valence-corrected chi connectivity index (χ0v) is 14.8. The van der Waals surface area contributed by atoms with Gasteiger partial charge in [0.15, 0.2) is 6.54 Å². The summed E-state index contributed by atoms with van der Waals surface area (Å²) in [6, 6.07) is 12.6. The van der Waals surface area contributed by atoms with Crippen LogP contribution in [0.2, 0.25) is 0 Å². The highest BCUT2D eigenvalue weighted by Crippen LogP contribution is 2.19. The molecule has 1 aliphatic rings. The number of aryl methyl sites for hydroxylation is 1. The molecule has 1 unspecified atom stereocenters. The van der Waals surface area contributed by atoms with Crippen molar-refractivity contribution in [3.8, 4) is 0 Å². The normalized spacial score (nSPS) is 21.0. The Bertz CT molecular complexity index is 667. The van der Waals surface area contributed by atoms with Crippen LogP contribution in [0.15, 0.2) is 42.6 Å². The molecule has 1 aromatic heterocycles. The molecular formula is C17H21IN3O+. The molecule has 2 aromatic rings. The highest BCUT2D eigenvalue weighted by molar-refractivity contribution is 14.1. The highest BCUT2D eigenvalue weighted by Gasteiger charge is 2.32. The van der Waals surface area contributed by atoms with Crippen molar-refractivity contribution in [3.05, 3.63) is 51.9 Å². The molecule has 4 nitrogen and oxygen atoms in total. The van der Waals surface area contributed by atoms with Crippen LogP contribution < -0.4 is 10.2 Å². The molecule has 0 aliphatic carbocycles. The Morgan fingerprint density at radius 3 is 3.00 bits per heavy atom. The van der Waals surface area contributed by atoms with Gasteiger partial charge in [-0.3, -0.25) is 4.79 Å². The van der Waals surface area contributed by atoms with Crippen LogP contribution in [-0.2, 0) is 11.8 Å². The van der Waals surface area contributed by atoms with Crippen molar-refractivity contribution < 1.29 is 9.69 Å². The number of aromatic nitrogens is 1. The number of anilines is 1. The molecule has 2 atom stereocenters. The maximum atomic E-state index is 12.3. The monoisotopic (exact) mass is 410 g/mol. The Balaban J connectivity index is 1.64. The van der Waals surface area contributed by atoms with Crippen LogP contribution in [0, 0.1) is 3.57 Å². The Morgan fingerprint density at radius 2 is 2.27 bits per heavy atom. The predicted molar refractivity (Wildman–Crippen MR) is 95.9 cm³/mol. The van der Waals surface area contributed by atoms with E-state index in [1.807, 2.05) is 24.3 Å². The minimum absolute atomic E-state index is 0.0955. The number of carbonyl (C=O) groups is 1. The van der Waals surface area contributed by atoms with Gasteiger partial charge in [-0.2, -0.15) is 0 Å². The second-order valence-electron chi connectivity index (χ2n) is 5.88. The molecule has 2 heterocycles. The number of rotatable bonds is 4. The van der Waals surface area contributed by atoms with Gasteiger partial charge in [-0.25, -0.2) is 0 Å². The van der Waals surface area contributed by atoms with E-state index >= 15 is 0 Å². The first-order valence-corrected chi connectivity index (χ1v) is 8.72. The third-order valence-corrected chi connectivity index (χ3v) is 4.99. The number of amides is 1. The number of halogens is 1. The molecule has 116 valence electrons. The molecule has 1 aromatic carbocycles. The quantitative estimate of drug-likeness (QED) is 0.744. The van der Waals surface area contributed by atoms with Gasteiger partial charge >= 0.3 is 0 Å². The molecule has 0 radical (unpaired) electrons. The molecule has 1 fully saturated rings. The van der Waals surface area contributed by atoms with Crippen molar-refractivity contribution in [1.82, 2.24) is 4.57 Å². The molecule has 1 amide bonds. The van der Waals surface area contributed by atoms with E-state index in [4.69, 9.17) is 0 Å². The molecule has 0 spiro atoms. The zero-order chi connectivity index (χ0) is 15.5. The largest absolute Gasteiger partial charge is 0.350 e. The number of likely N-dealkylation sites (tertiary alicyclic amines) is 1. The Morgan fingerprint density at radius 1 is 1.41 bits per heavy atom. The lowest BCUT2D eigenvalue weighted by Gasteiger charge is -2.21. The lowest BCUT2D eigenvalue weighted by atomic mass is 10.1. The van der Waals surface area contributed by atoms with Crippen LogP contribution in [0.25, 0.3) is 0 Å². The maximum absolute atomic E-state index is 12.3. The summed E-state index contributed by atoms with van der Waals surface area (Å²) in [6.45, 7) is 1.59. The lowest BCUT2D eigenvalue weighted by Crippen LogP contribution is -3.11. The first-order valence-electron chi connectivity index (χ1n) is 7.65. The summed E-state index contributed by atoms with van der Waals surface area (Å²) in [6.07, 6.45) is 4.42. The van der Waals surface area contributed by atoms with Gasteiger partial charge in [-0.15, -0.1) is 0 Å². The molecular weight excluding hydrogens is 389 g/mol. The number of nitrogens with zero attached hydrogens (tertiary/aromatic N) is 1. The van der Waals surface area contributed by atoms with E-state index in [0.717, 1.165) is 22.2 Å².